The van der Waals surface area contributed by atoms with E-state index in [-0.39, 0.29) is 0 Å². The van der Waals surface area contributed by atoms with Crippen LogP contribution in [0.4, 0.5) is 0 Å². The highest BCUT2D eigenvalue weighted by Crippen LogP contribution is 2.25. The molecule has 0 aromatic heterocycles. The average molecular weight is 274 g/mol. The molecule has 1 N–H and O–H groups in total. The molecule has 1 aromatic rings. The molecular formula is C18H30N2. The molecule has 0 radical (unpaired) electrons. The second kappa shape index (κ2) is 7.80. The Balaban J connectivity index is 1.85. The first-order valence-electron chi connectivity index (χ1n) is 8.14. The van der Waals surface area contributed by atoms with Gasteiger partial charge >= 0.3 is 0 Å². The average Bonchev–Trinajstić information content (AvgIpc) is 2.34. The fourth-order valence-electron chi connectivity index (χ4n) is 2.79. The lowest BCUT2D eigenvalue weighted by atomic mass is 9.91. The number of nitrogens with zero attached hydrogens (tertiary/aromatic N) is 1. The van der Waals surface area contributed by atoms with Crippen LogP contribution in [0, 0.1) is 5.92 Å². The van der Waals surface area contributed by atoms with Gasteiger partial charge in [-0.05, 0) is 56.4 Å². The van der Waals surface area contributed by atoms with Crippen molar-refractivity contribution in [1.82, 2.24) is 10.2 Å². The summed E-state index contributed by atoms with van der Waals surface area (Å²) in [6.45, 7) is 7.82. The highest BCUT2D eigenvalue weighted by Gasteiger charge is 2.22. The van der Waals surface area contributed by atoms with Gasteiger partial charge < -0.3 is 5.32 Å². The lowest BCUT2D eigenvalue weighted by molar-refractivity contribution is 0.152. The Morgan fingerprint density at radius 2 is 1.90 bits per heavy atom. The van der Waals surface area contributed by atoms with Crippen LogP contribution < -0.4 is 5.32 Å². The molecule has 2 heteroatoms. The Labute approximate surface area is 124 Å². The van der Waals surface area contributed by atoms with Gasteiger partial charge in [0.2, 0.25) is 0 Å². The van der Waals surface area contributed by atoms with Crippen LogP contribution in [0.2, 0.25) is 0 Å². The second-order valence-corrected chi connectivity index (χ2v) is 6.62. The summed E-state index contributed by atoms with van der Waals surface area (Å²) >= 11 is 0. The predicted octanol–water partition coefficient (Wildman–Crippen LogP) is 3.46. The van der Waals surface area contributed by atoms with Crippen LogP contribution in [0.3, 0.4) is 0 Å². The molecule has 1 aromatic carbocycles. The van der Waals surface area contributed by atoms with Crippen molar-refractivity contribution in [3.8, 4) is 0 Å². The van der Waals surface area contributed by atoms with Gasteiger partial charge in [0.05, 0.1) is 0 Å². The van der Waals surface area contributed by atoms with Gasteiger partial charge in [-0.15, -0.1) is 0 Å². The third kappa shape index (κ3) is 4.60. The maximum atomic E-state index is 3.55. The van der Waals surface area contributed by atoms with Crippen molar-refractivity contribution in [3.05, 3.63) is 35.4 Å². The van der Waals surface area contributed by atoms with Crippen LogP contribution in [-0.2, 0) is 13.0 Å². The van der Waals surface area contributed by atoms with Crippen LogP contribution in [0.15, 0.2) is 24.3 Å². The van der Waals surface area contributed by atoms with Crippen molar-refractivity contribution >= 4 is 0 Å². The summed E-state index contributed by atoms with van der Waals surface area (Å²) in [7, 11) is 2.28. The van der Waals surface area contributed by atoms with E-state index < -0.39 is 0 Å². The lowest BCUT2D eigenvalue weighted by Crippen LogP contribution is -2.36. The molecule has 0 heterocycles. The zero-order valence-electron chi connectivity index (χ0n) is 13.4. The number of rotatable bonds is 8. The molecule has 0 aliphatic heterocycles. The molecule has 1 saturated carbocycles. The molecular weight excluding hydrogens is 244 g/mol. The van der Waals surface area contributed by atoms with E-state index in [2.05, 4.69) is 55.4 Å². The minimum Gasteiger partial charge on any atom is -0.316 e. The third-order valence-corrected chi connectivity index (χ3v) is 4.36. The van der Waals surface area contributed by atoms with E-state index in [1.807, 2.05) is 0 Å². The van der Waals surface area contributed by atoms with E-state index in [0.29, 0.717) is 0 Å². The fraction of sp³-hybridized carbons (Fsp3) is 0.667. The molecule has 1 aliphatic rings. The summed E-state index contributed by atoms with van der Waals surface area (Å²) in [6, 6.07) is 9.76. The first kappa shape index (κ1) is 15.5. The molecule has 2 rings (SSSR count). The molecule has 0 amide bonds. The zero-order chi connectivity index (χ0) is 14.4. The molecule has 0 spiro atoms. The molecule has 0 unspecified atom stereocenters. The van der Waals surface area contributed by atoms with Crippen molar-refractivity contribution in [2.24, 2.45) is 5.92 Å². The van der Waals surface area contributed by atoms with Crippen LogP contribution in [0.25, 0.3) is 0 Å². The highest BCUT2D eigenvalue weighted by molar-refractivity contribution is 5.27. The Hall–Kier alpha value is -0.860. The summed E-state index contributed by atoms with van der Waals surface area (Å²) in [4.78, 5) is 2.53. The van der Waals surface area contributed by atoms with E-state index >= 15 is 0 Å². The SMILES string of the molecule is CC(C)CNCCc1ccccc1CN(C)C1CCC1. The van der Waals surface area contributed by atoms with Crippen molar-refractivity contribution < 1.29 is 0 Å². The van der Waals surface area contributed by atoms with Crippen LogP contribution in [0.5, 0.6) is 0 Å². The number of benzene rings is 1. The van der Waals surface area contributed by atoms with Crippen LogP contribution in [0.1, 0.15) is 44.2 Å². The monoisotopic (exact) mass is 274 g/mol. The maximum Gasteiger partial charge on any atom is 0.0236 e. The number of nitrogens with one attached hydrogen (secondary N) is 1. The van der Waals surface area contributed by atoms with E-state index in [1.54, 1.807) is 0 Å². The van der Waals surface area contributed by atoms with Gasteiger partial charge in [0.25, 0.3) is 0 Å². The van der Waals surface area contributed by atoms with Crippen molar-refractivity contribution in [2.75, 3.05) is 20.1 Å². The summed E-state index contributed by atoms with van der Waals surface area (Å²) in [5, 5.41) is 3.55. The van der Waals surface area contributed by atoms with E-state index in [9.17, 15) is 0 Å². The Bertz CT molecular complexity index is 396. The smallest absolute Gasteiger partial charge is 0.0236 e. The Morgan fingerprint density at radius 1 is 1.20 bits per heavy atom. The molecule has 0 bridgehead atoms. The minimum atomic E-state index is 0.731. The minimum absolute atomic E-state index is 0.731. The van der Waals surface area contributed by atoms with E-state index in [0.717, 1.165) is 38.0 Å². The fourth-order valence-corrected chi connectivity index (χ4v) is 2.79. The normalized spacial score (nSPS) is 15.8. The Morgan fingerprint density at radius 3 is 2.50 bits per heavy atom. The standard InChI is InChI=1S/C18H30N2/c1-15(2)13-19-12-11-16-7-4-5-8-17(16)14-20(3)18-9-6-10-18/h4-5,7-8,15,18-19H,6,9-14H2,1-3H3. The quantitative estimate of drug-likeness (QED) is 0.730. The van der Waals surface area contributed by atoms with E-state index in [1.165, 1.54) is 30.4 Å². The van der Waals surface area contributed by atoms with Crippen molar-refractivity contribution in [1.29, 1.82) is 0 Å². The van der Waals surface area contributed by atoms with Crippen molar-refractivity contribution in [2.45, 2.75) is 52.1 Å². The summed E-state index contributed by atoms with van der Waals surface area (Å²) in [5.41, 5.74) is 3.02. The molecule has 0 atom stereocenters. The van der Waals surface area contributed by atoms with E-state index in [4.69, 9.17) is 0 Å². The van der Waals surface area contributed by atoms with Gasteiger partial charge in [0, 0.05) is 12.6 Å². The van der Waals surface area contributed by atoms with Crippen molar-refractivity contribution in [3.63, 3.8) is 0 Å². The number of hydrogen-bond acceptors (Lipinski definition) is 2. The predicted molar refractivity (Wildman–Crippen MR) is 87.0 cm³/mol. The molecule has 112 valence electrons. The van der Waals surface area contributed by atoms with Gasteiger partial charge in [-0.1, -0.05) is 44.5 Å². The topological polar surface area (TPSA) is 15.3 Å². The van der Waals surface area contributed by atoms with Crippen LogP contribution in [-0.4, -0.2) is 31.1 Å². The molecule has 1 aliphatic carbocycles. The maximum absolute atomic E-state index is 3.55. The van der Waals surface area contributed by atoms with Gasteiger partial charge in [-0.25, -0.2) is 0 Å². The second-order valence-electron chi connectivity index (χ2n) is 6.62. The first-order chi connectivity index (χ1) is 9.66. The third-order valence-electron chi connectivity index (χ3n) is 4.36. The summed E-state index contributed by atoms with van der Waals surface area (Å²) in [5.74, 6) is 0.731. The molecule has 2 nitrogen and oxygen atoms in total. The largest absolute Gasteiger partial charge is 0.316 e. The molecule has 20 heavy (non-hydrogen) atoms. The lowest BCUT2D eigenvalue weighted by Gasteiger charge is -2.35. The summed E-state index contributed by atoms with van der Waals surface area (Å²) < 4.78 is 0. The zero-order valence-corrected chi connectivity index (χ0v) is 13.4. The van der Waals surface area contributed by atoms with Gasteiger partial charge in [-0.2, -0.15) is 0 Å². The molecule has 1 fully saturated rings. The Kier molecular flexibility index (Phi) is 6.06. The summed E-state index contributed by atoms with van der Waals surface area (Å²) in [6.07, 6.45) is 5.32. The molecule has 0 saturated heterocycles. The van der Waals surface area contributed by atoms with Gasteiger partial charge in [0.1, 0.15) is 0 Å². The first-order valence-corrected chi connectivity index (χ1v) is 8.14. The van der Waals surface area contributed by atoms with Gasteiger partial charge in [0.15, 0.2) is 0 Å². The van der Waals surface area contributed by atoms with Crippen LogP contribution >= 0.6 is 0 Å². The van der Waals surface area contributed by atoms with Gasteiger partial charge in [-0.3, -0.25) is 4.90 Å². The number of hydrogen-bond donors (Lipinski definition) is 1. The highest BCUT2D eigenvalue weighted by atomic mass is 15.1.